The molecule has 0 aromatic carbocycles. The maximum absolute atomic E-state index is 12.2. The molecule has 0 saturated carbocycles. The van der Waals surface area contributed by atoms with E-state index in [2.05, 4.69) is 10.1 Å². The third-order valence-corrected chi connectivity index (χ3v) is 4.04. The van der Waals surface area contributed by atoms with Gasteiger partial charge in [0.2, 0.25) is 17.6 Å². The van der Waals surface area contributed by atoms with Gasteiger partial charge in [0.15, 0.2) is 5.76 Å². The minimum atomic E-state index is -0.854. The molecule has 8 heteroatoms. The number of carboxylic acid groups (broad SMARTS) is 1. The molecule has 3 heterocycles. The van der Waals surface area contributed by atoms with Crippen molar-refractivity contribution in [1.82, 2.24) is 15.0 Å². The van der Waals surface area contributed by atoms with Crippen molar-refractivity contribution in [2.45, 2.75) is 19.8 Å². The summed E-state index contributed by atoms with van der Waals surface area (Å²) < 4.78 is 10.3. The van der Waals surface area contributed by atoms with Crippen LogP contribution in [-0.2, 0) is 16.0 Å². The van der Waals surface area contributed by atoms with E-state index in [4.69, 9.17) is 14.0 Å². The van der Waals surface area contributed by atoms with Crippen LogP contribution in [0, 0.1) is 11.8 Å². The molecule has 0 unspecified atom stereocenters. The van der Waals surface area contributed by atoms with E-state index in [1.54, 1.807) is 17.0 Å². The van der Waals surface area contributed by atoms with Gasteiger partial charge >= 0.3 is 5.97 Å². The van der Waals surface area contributed by atoms with Crippen LogP contribution in [0.25, 0.3) is 11.6 Å². The monoisotopic (exact) mass is 319 g/mol. The summed E-state index contributed by atoms with van der Waals surface area (Å²) in [6, 6.07) is 3.44. The maximum Gasteiger partial charge on any atom is 0.308 e. The number of aromatic nitrogens is 2. The van der Waals surface area contributed by atoms with E-state index in [0.29, 0.717) is 30.4 Å². The predicted molar refractivity (Wildman–Crippen MR) is 77.2 cm³/mol. The molecule has 1 aliphatic rings. The van der Waals surface area contributed by atoms with Crippen molar-refractivity contribution in [3.8, 4) is 11.6 Å². The summed E-state index contributed by atoms with van der Waals surface area (Å²) in [6.07, 6.45) is 2.04. The fraction of sp³-hybridized carbons (Fsp3) is 0.467. The number of amides is 1. The number of aliphatic carboxylic acids is 1. The van der Waals surface area contributed by atoms with Crippen molar-refractivity contribution in [2.24, 2.45) is 11.8 Å². The molecular weight excluding hydrogens is 302 g/mol. The molecule has 1 fully saturated rings. The predicted octanol–water partition coefficient (Wildman–Crippen LogP) is 1.44. The third-order valence-electron chi connectivity index (χ3n) is 4.04. The Bertz CT molecular complexity index is 694. The molecule has 2 aromatic rings. The quantitative estimate of drug-likeness (QED) is 0.887. The molecule has 122 valence electrons. The second-order valence-electron chi connectivity index (χ2n) is 5.71. The molecule has 23 heavy (non-hydrogen) atoms. The summed E-state index contributed by atoms with van der Waals surface area (Å²) in [6.45, 7) is 2.58. The first-order valence-corrected chi connectivity index (χ1v) is 7.41. The zero-order valence-corrected chi connectivity index (χ0v) is 12.6. The van der Waals surface area contributed by atoms with E-state index in [1.165, 1.54) is 6.26 Å². The molecule has 2 aromatic heterocycles. The Hall–Kier alpha value is -2.64. The number of aryl methyl sites for hydroxylation is 1. The van der Waals surface area contributed by atoms with E-state index in [0.717, 1.165) is 0 Å². The second kappa shape index (κ2) is 6.23. The van der Waals surface area contributed by atoms with Gasteiger partial charge in [0.25, 0.3) is 0 Å². The van der Waals surface area contributed by atoms with Crippen LogP contribution in [0.3, 0.4) is 0 Å². The highest BCUT2D eigenvalue weighted by Gasteiger charge is 2.36. The lowest BCUT2D eigenvalue weighted by Crippen LogP contribution is -2.30. The molecule has 3 rings (SSSR count). The SMILES string of the molecule is C[C@@H]1CN(C(=O)CCc2nc(-c3ccco3)no2)C[C@H]1C(=O)O. The second-order valence-corrected chi connectivity index (χ2v) is 5.71. The van der Waals surface area contributed by atoms with E-state index >= 15 is 0 Å². The van der Waals surface area contributed by atoms with Gasteiger partial charge in [0.1, 0.15) is 0 Å². The normalized spacial score (nSPS) is 20.8. The third kappa shape index (κ3) is 3.25. The fourth-order valence-corrected chi connectivity index (χ4v) is 2.73. The first-order chi connectivity index (χ1) is 11.0. The molecular formula is C15H17N3O5. The molecule has 0 radical (unpaired) electrons. The molecule has 1 amide bonds. The molecule has 8 nitrogen and oxygen atoms in total. The number of carbonyl (C=O) groups is 2. The highest BCUT2D eigenvalue weighted by Crippen LogP contribution is 2.24. The van der Waals surface area contributed by atoms with Crippen LogP contribution in [0.4, 0.5) is 0 Å². The first kappa shape index (κ1) is 15.3. The topological polar surface area (TPSA) is 110 Å². The van der Waals surface area contributed by atoms with Gasteiger partial charge in [-0.1, -0.05) is 12.1 Å². The van der Waals surface area contributed by atoms with E-state index < -0.39 is 11.9 Å². The standard InChI is InChI=1S/C15H17N3O5/c1-9-7-18(8-10(9)15(20)21)13(19)5-4-12-16-14(17-23-12)11-3-2-6-22-11/h2-3,6,9-10H,4-5,7-8H2,1H3,(H,20,21)/t9-,10-/m1/s1. The number of carbonyl (C=O) groups excluding carboxylic acids is 1. The van der Waals surface area contributed by atoms with Gasteiger partial charge < -0.3 is 18.9 Å². The average Bonchev–Trinajstić information content (AvgIpc) is 3.24. The summed E-state index contributed by atoms with van der Waals surface area (Å²) in [5.74, 6) is -0.279. The number of nitrogens with zero attached hydrogens (tertiary/aromatic N) is 3. The lowest BCUT2D eigenvalue weighted by Gasteiger charge is -2.15. The molecule has 0 aliphatic carbocycles. The molecule has 1 N–H and O–H groups in total. The van der Waals surface area contributed by atoms with Crippen LogP contribution in [0.5, 0.6) is 0 Å². The summed E-state index contributed by atoms with van der Waals surface area (Å²) in [5.41, 5.74) is 0. The Kier molecular flexibility index (Phi) is 4.14. The van der Waals surface area contributed by atoms with Gasteiger partial charge in [-0.15, -0.1) is 0 Å². The molecule has 2 atom stereocenters. The van der Waals surface area contributed by atoms with Gasteiger partial charge in [-0.3, -0.25) is 9.59 Å². The lowest BCUT2D eigenvalue weighted by atomic mass is 9.99. The summed E-state index contributed by atoms with van der Waals surface area (Å²) in [5, 5.41) is 12.9. The van der Waals surface area contributed by atoms with Crippen LogP contribution >= 0.6 is 0 Å². The average molecular weight is 319 g/mol. The van der Waals surface area contributed by atoms with Crippen molar-refractivity contribution in [3.63, 3.8) is 0 Å². The molecule has 0 spiro atoms. The van der Waals surface area contributed by atoms with Crippen LogP contribution in [0.1, 0.15) is 19.2 Å². The fourth-order valence-electron chi connectivity index (χ4n) is 2.73. The zero-order valence-electron chi connectivity index (χ0n) is 12.6. The number of likely N-dealkylation sites (tertiary alicyclic amines) is 1. The highest BCUT2D eigenvalue weighted by atomic mass is 16.5. The number of hydrogen-bond acceptors (Lipinski definition) is 6. The smallest absolute Gasteiger partial charge is 0.308 e. The summed E-state index contributed by atoms with van der Waals surface area (Å²) >= 11 is 0. The molecule has 1 saturated heterocycles. The molecule has 1 aliphatic heterocycles. The Morgan fingerprint density at radius 1 is 1.43 bits per heavy atom. The lowest BCUT2D eigenvalue weighted by molar-refractivity contribution is -0.142. The van der Waals surface area contributed by atoms with Crippen LogP contribution in [-0.4, -0.2) is 45.1 Å². The van der Waals surface area contributed by atoms with Crippen molar-refractivity contribution in [1.29, 1.82) is 0 Å². The summed E-state index contributed by atoms with van der Waals surface area (Å²) in [7, 11) is 0. The number of hydrogen-bond donors (Lipinski definition) is 1. The maximum atomic E-state index is 12.2. The first-order valence-electron chi connectivity index (χ1n) is 7.41. The van der Waals surface area contributed by atoms with E-state index in [1.807, 2.05) is 6.92 Å². The van der Waals surface area contributed by atoms with Gasteiger partial charge in [0, 0.05) is 25.9 Å². The van der Waals surface area contributed by atoms with Gasteiger partial charge in [-0.05, 0) is 18.1 Å². The number of furan rings is 1. The molecule has 0 bridgehead atoms. The Morgan fingerprint density at radius 3 is 2.91 bits per heavy atom. The van der Waals surface area contributed by atoms with Crippen molar-refractivity contribution in [3.05, 3.63) is 24.3 Å². The largest absolute Gasteiger partial charge is 0.481 e. The van der Waals surface area contributed by atoms with Crippen molar-refractivity contribution >= 4 is 11.9 Å². The van der Waals surface area contributed by atoms with Crippen LogP contribution in [0.2, 0.25) is 0 Å². The van der Waals surface area contributed by atoms with Gasteiger partial charge in [-0.2, -0.15) is 4.98 Å². The van der Waals surface area contributed by atoms with Crippen molar-refractivity contribution < 1.29 is 23.6 Å². The van der Waals surface area contributed by atoms with Gasteiger partial charge in [0.05, 0.1) is 12.2 Å². The minimum Gasteiger partial charge on any atom is -0.481 e. The number of rotatable bonds is 5. The van der Waals surface area contributed by atoms with Crippen LogP contribution in [0.15, 0.2) is 27.3 Å². The minimum absolute atomic E-state index is 0.0367. The highest BCUT2D eigenvalue weighted by molar-refractivity contribution is 5.79. The summed E-state index contributed by atoms with van der Waals surface area (Å²) in [4.78, 5) is 29.1. The van der Waals surface area contributed by atoms with Crippen molar-refractivity contribution in [2.75, 3.05) is 13.1 Å². The van der Waals surface area contributed by atoms with Crippen LogP contribution < -0.4 is 0 Å². The van der Waals surface area contributed by atoms with E-state index in [-0.39, 0.29) is 24.8 Å². The Balaban J connectivity index is 1.55. The Morgan fingerprint density at radius 2 is 2.26 bits per heavy atom. The Labute approximate surface area is 132 Å². The number of carboxylic acids is 1. The van der Waals surface area contributed by atoms with E-state index in [9.17, 15) is 9.59 Å². The van der Waals surface area contributed by atoms with Gasteiger partial charge in [-0.25, -0.2) is 0 Å². The zero-order chi connectivity index (χ0) is 16.4.